The molecule has 2 aliphatic carbocycles. The van der Waals surface area contributed by atoms with Crippen LogP contribution in [-0.2, 0) is 4.79 Å². The lowest BCUT2D eigenvalue weighted by Crippen LogP contribution is -2.29. The number of carbonyl (C=O) groups is 1. The smallest absolute Gasteiger partial charge is 0.224 e. The molecule has 0 saturated heterocycles. The van der Waals surface area contributed by atoms with Crippen LogP contribution in [0, 0.1) is 29.1 Å². The van der Waals surface area contributed by atoms with Crippen LogP contribution in [0.5, 0.6) is 0 Å². The van der Waals surface area contributed by atoms with Crippen molar-refractivity contribution in [1.29, 1.82) is 5.26 Å². The fraction of sp³-hybridized carbons (Fsp3) is 0.500. The second-order valence-corrected chi connectivity index (χ2v) is 5.62. The average molecular weight is 254 g/mol. The van der Waals surface area contributed by atoms with E-state index in [4.69, 9.17) is 0 Å². The zero-order valence-corrected chi connectivity index (χ0v) is 10.9. The minimum Gasteiger partial charge on any atom is -0.336 e. The lowest BCUT2D eigenvalue weighted by atomic mass is 10.0. The highest BCUT2D eigenvalue weighted by atomic mass is 16.2. The first-order valence-electron chi connectivity index (χ1n) is 7.06. The average Bonchev–Trinajstić information content (AvgIpc) is 3.20. The first-order valence-corrected chi connectivity index (χ1v) is 7.06. The van der Waals surface area contributed by atoms with E-state index in [-0.39, 0.29) is 11.8 Å². The van der Waals surface area contributed by atoms with Gasteiger partial charge in [-0.1, -0.05) is 43.2 Å². The largest absolute Gasteiger partial charge is 0.336 e. The van der Waals surface area contributed by atoms with Crippen molar-refractivity contribution >= 4 is 5.91 Å². The molecule has 0 aliphatic heterocycles. The van der Waals surface area contributed by atoms with Gasteiger partial charge in [0.1, 0.15) is 6.04 Å². The molecular formula is C16H18N2O. The molecule has 3 rings (SSSR count). The van der Waals surface area contributed by atoms with Gasteiger partial charge in [-0.3, -0.25) is 4.79 Å². The SMILES string of the molecule is N#CC(NC(=O)C1C2CCCCC21)c1ccccc1. The summed E-state index contributed by atoms with van der Waals surface area (Å²) in [5.41, 5.74) is 0.863. The van der Waals surface area contributed by atoms with Gasteiger partial charge in [0.15, 0.2) is 0 Å². The van der Waals surface area contributed by atoms with E-state index in [0.29, 0.717) is 11.8 Å². The molecule has 1 aromatic carbocycles. The number of hydrogen-bond donors (Lipinski definition) is 1. The summed E-state index contributed by atoms with van der Waals surface area (Å²) in [5, 5.41) is 12.1. The molecule has 2 saturated carbocycles. The van der Waals surface area contributed by atoms with Crippen LogP contribution in [0.25, 0.3) is 0 Å². The van der Waals surface area contributed by atoms with Crippen LogP contribution in [0.4, 0.5) is 0 Å². The number of amides is 1. The molecule has 2 aliphatic rings. The van der Waals surface area contributed by atoms with Crippen LogP contribution in [-0.4, -0.2) is 5.91 Å². The van der Waals surface area contributed by atoms with Gasteiger partial charge in [0.2, 0.25) is 5.91 Å². The van der Waals surface area contributed by atoms with Crippen LogP contribution in [0.1, 0.15) is 37.3 Å². The third-order valence-electron chi connectivity index (χ3n) is 4.51. The minimum absolute atomic E-state index is 0.0762. The van der Waals surface area contributed by atoms with E-state index in [0.717, 1.165) is 5.56 Å². The number of nitrogens with one attached hydrogen (secondary N) is 1. The van der Waals surface area contributed by atoms with Gasteiger partial charge in [0, 0.05) is 5.92 Å². The summed E-state index contributed by atoms with van der Waals surface area (Å²) in [7, 11) is 0. The van der Waals surface area contributed by atoms with Gasteiger partial charge in [-0.25, -0.2) is 0 Å². The van der Waals surface area contributed by atoms with Gasteiger partial charge >= 0.3 is 0 Å². The van der Waals surface area contributed by atoms with E-state index >= 15 is 0 Å². The van der Waals surface area contributed by atoms with Crippen LogP contribution >= 0.6 is 0 Å². The summed E-state index contributed by atoms with van der Waals surface area (Å²) in [6, 6.07) is 11.1. The molecule has 19 heavy (non-hydrogen) atoms. The van der Waals surface area contributed by atoms with Gasteiger partial charge in [0.05, 0.1) is 6.07 Å². The van der Waals surface area contributed by atoms with Crippen molar-refractivity contribution in [3.05, 3.63) is 35.9 Å². The van der Waals surface area contributed by atoms with Crippen LogP contribution < -0.4 is 5.32 Å². The minimum atomic E-state index is -0.517. The predicted octanol–water partition coefficient (Wildman–Crippen LogP) is 2.80. The molecule has 3 nitrogen and oxygen atoms in total. The molecule has 0 heterocycles. The number of rotatable bonds is 3. The van der Waals surface area contributed by atoms with Crippen molar-refractivity contribution in [2.24, 2.45) is 17.8 Å². The molecule has 1 amide bonds. The Morgan fingerprint density at radius 2 is 1.84 bits per heavy atom. The summed E-state index contributed by atoms with van der Waals surface area (Å²) >= 11 is 0. The topological polar surface area (TPSA) is 52.9 Å². The van der Waals surface area contributed by atoms with E-state index in [1.165, 1.54) is 25.7 Å². The van der Waals surface area contributed by atoms with Crippen molar-refractivity contribution in [3.63, 3.8) is 0 Å². The predicted molar refractivity (Wildman–Crippen MR) is 71.9 cm³/mol. The molecule has 1 N–H and O–H groups in total. The Hall–Kier alpha value is -1.82. The molecule has 98 valence electrons. The number of nitriles is 1. The summed E-state index contributed by atoms with van der Waals surface area (Å²) in [5.74, 6) is 1.42. The van der Waals surface area contributed by atoms with Crippen molar-refractivity contribution < 1.29 is 4.79 Å². The van der Waals surface area contributed by atoms with Crippen molar-refractivity contribution in [1.82, 2.24) is 5.32 Å². The summed E-state index contributed by atoms with van der Waals surface area (Å²) < 4.78 is 0. The van der Waals surface area contributed by atoms with Gasteiger partial charge in [0.25, 0.3) is 0 Å². The lowest BCUT2D eigenvalue weighted by molar-refractivity contribution is -0.123. The quantitative estimate of drug-likeness (QED) is 0.901. The molecule has 3 unspecified atom stereocenters. The van der Waals surface area contributed by atoms with Gasteiger partial charge in [-0.15, -0.1) is 0 Å². The van der Waals surface area contributed by atoms with Crippen LogP contribution in [0.3, 0.4) is 0 Å². The van der Waals surface area contributed by atoms with Crippen molar-refractivity contribution in [2.45, 2.75) is 31.7 Å². The fourth-order valence-electron chi connectivity index (χ4n) is 3.46. The highest BCUT2D eigenvalue weighted by molar-refractivity contribution is 5.83. The third kappa shape index (κ3) is 2.35. The van der Waals surface area contributed by atoms with E-state index in [1.807, 2.05) is 30.3 Å². The number of carbonyl (C=O) groups excluding carboxylic acids is 1. The number of hydrogen-bond acceptors (Lipinski definition) is 2. The number of fused-ring (bicyclic) bond motifs is 1. The van der Waals surface area contributed by atoms with Crippen LogP contribution in [0.2, 0.25) is 0 Å². The third-order valence-corrected chi connectivity index (χ3v) is 4.51. The highest BCUT2D eigenvalue weighted by Gasteiger charge is 2.54. The second kappa shape index (κ2) is 5.05. The zero-order valence-electron chi connectivity index (χ0n) is 10.9. The molecule has 2 fully saturated rings. The van der Waals surface area contributed by atoms with Crippen LogP contribution in [0.15, 0.2) is 30.3 Å². The van der Waals surface area contributed by atoms with E-state index in [1.54, 1.807) is 0 Å². The van der Waals surface area contributed by atoms with Gasteiger partial charge < -0.3 is 5.32 Å². The number of benzene rings is 1. The van der Waals surface area contributed by atoms with Crippen molar-refractivity contribution in [2.75, 3.05) is 0 Å². The molecule has 3 atom stereocenters. The van der Waals surface area contributed by atoms with E-state index in [9.17, 15) is 10.1 Å². The second-order valence-electron chi connectivity index (χ2n) is 5.62. The fourth-order valence-corrected chi connectivity index (χ4v) is 3.46. The highest BCUT2D eigenvalue weighted by Crippen LogP contribution is 2.55. The number of nitrogens with zero attached hydrogens (tertiary/aromatic N) is 1. The Balaban J connectivity index is 1.64. The van der Waals surface area contributed by atoms with Gasteiger partial charge in [-0.2, -0.15) is 5.26 Å². The zero-order chi connectivity index (χ0) is 13.2. The first kappa shape index (κ1) is 12.2. The Bertz CT molecular complexity index is 493. The maximum atomic E-state index is 12.3. The summed E-state index contributed by atoms with van der Waals surface area (Å²) in [6.45, 7) is 0. The summed E-state index contributed by atoms with van der Waals surface area (Å²) in [6.07, 6.45) is 4.88. The Morgan fingerprint density at radius 3 is 2.42 bits per heavy atom. The Labute approximate surface area is 113 Å². The molecule has 0 bridgehead atoms. The molecule has 3 heteroatoms. The maximum absolute atomic E-state index is 12.3. The molecule has 1 aromatic rings. The normalized spacial score (nSPS) is 29.7. The van der Waals surface area contributed by atoms with E-state index < -0.39 is 6.04 Å². The molecule has 0 spiro atoms. The molecule has 0 radical (unpaired) electrons. The standard InChI is InChI=1S/C16H18N2O/c17-10-14(11-6-2-1-3-7-11)18-16(19)15-12-8-4-5-9-13(12)15/h1-3,6-7,12-15H,4-5,8-9H2,(H,18,19). The Kier molecular flexibility index (Phi) is 3.25. The maximum Gasteiger partial charge on any atom is 0.224 e. The molecule has 0 aromatic heterocycles. The van der Waals surface area contributed by atoms with Crippen molar-refractivity contribution in [3.8, 4) is 6.07 Å². The first-order chi connectivity index (χ1) is 9.31. The Morgan fingerprint density at radius 1 is 1.21 bits per heavy atom. The molecular weight excluding hydrogens is 236 g/mol. The van der Waals surface area contributed by atoms with E-state index in [2.05, 4.69) is 11.4 Å². The summed E-state index contributed by atoms with van der Waals surface area (Å²) in [4.78, 5) is 12.3. The monoisotopic (exact) mass is 254 g/mol. The lowest BCUT2D eigenvalue weighted by Gasteiger charge is -2.11. The van der Waals surface area contributed by atoms with Gasteiger partial charge in [-0.05, 0) is 30.2 Å².